The summed E-state index contributed by atoms with van der Waals surface area (Å²) in [6, 6.07) is 0. The van der Waals surface area contributed by atoms with Gasteiger partial charge >= 0.3 is 0 Å². The Morgan fingerprint density at radius 3 is 1.69 bits per heavy atom. The highest BCUT2D eigenvalue weighted by Crippen LogP contribution is 2.11. The van der Waals surface area contributed by atoms with Crippen LogP contribution in [-0.4, -0.2) is 62.1 Å². The second-order valence-electron chi connectivity index (χ2n) is 8.28. The van der Waals surface area contributed by atoms with Crippen LogP contribution in [-0.2, 0) is 14.3 Å². The van der Waals surface area contributed by atoms with Crippen LogP contribution in [0.1, 0.15) is 90.9 Å². The quantitative estimate of drug-likeness (QED) is 0.237. The van der Waals surface area contributed by atoms with Crippen molar-refractivity contribution in [2.45, 2.75) is 97.0 Å². The summed E-state index contributed by atoms with van der Waals surface area (Å²) in [6.45, 7) is 9.58. The summed E-state index contributed by atoms with van der Waals surface area (Å²) >= 11 is 0. The fourth-order valence-electron chi connectivity index (χ4n) is 3.42. The SMILES string of the molecule is CCCCCCC(=O)NCCCN(CCCNC(=O)CCCCCC)CC1CO1. The Labute approximate surface area is 178 Å². The molecule has 0 radical (unpaired) electrons. The Bertz CT molecular complexity index is 396. The van der Waals surface area contributed by atoms with Gasteiger partial charge in [0.25, 0.3) is 0 Å². The van der Waals surface area contributed by atoms with Crippen LogP contribution in [0, 0.1) is 0 Å². The van der Waals surface area contributed by atoms with Crippen molar-refractivity contribution in [2.75, 3.05) is 39.3 Å². The molecule has 1 saturated heterocycles. The monoisotopic (exact) mass is 411 g/mol. The molecule has 1 aliphatic rings. The molecular weight excluding hydrogens is 366 g/mol. The van der Waals surface area contributed by atoms with Crippen molar-refractivity contribution in [1.82, 2.24) is 15.5 Å². The first-order valence-electron chi connectivity index (χ1n) is 12.0. The molecule has 1 unspecified atom stereocenters. The maximum absolute atomic E-state index is 11.8. The van der Waals surface area contributed by atoms with Gasteiger partial charge in [-0.25, -0.2) is 0 Å². The molecule has 1 aliphatic heterocycles. The molecule has 0 spiro atoms. The van der Waals surface area contributed by atoms with Gasteiger partial charge in [0.05, 0.1) is 12.7 Å². The van der Waals surface area contributed by atoms with Crippen LogP contribution in [0.2, 0.25) is 0 Å². The number of epoxide rings is 1. The van der Waals surface area contributed by atoms with Gasteiger partial charge < -0.3 is 20.3 Å². The van der Waals surface area contributed by atoms with Gasteiger partial charge in [0.2, 0.25) is 11.8 Å². The molecule has 1 fully saturated rings. The van der Waals surface area contributed by atoms with Gasteiger partial charge in [0.15, 0.2) is 0 Å². The molecule has 29 heavy (non-hydrogen) atoms. The van der Waals surface area contributed by atoms with Crippen LogP contribution in [0.5, 0.6) is 0 Å². The van der Waals surface area contributed by atoms with E-state index in [1.54, 1.807) is 0 Å². The largest absolute Gasteiger partial charge is 0.372 e. The third-order valence-electron chi connectivity index (χ3n) is 5.33. The van der Waals surface area contributed by atoms with E-state index in [-0.39, 0.29) is 11.8 Å². The molecule has 0 bridgehead atoms. The Hall–Kier alpha value is -1.14. The summed E-state index contributed by atoms with van der Waals surface area (Å²) in [4.78, 5) is 26.1. The van der Waals surface area contributed by atoms with Crippen molar-refractivity contribution in [1.29, 1.82) is 0 Å². The highest BCUT2D eigenvalue weighted by atomic mass is 16.6. The Balaban J connectivity index is 2.06. The zero-order valence-corrected chi connectivity index (χ0v) is 19.0. The van der Waals surface area contributed by atoms with Gasteiger partial charge in [-0.3, -0.25) is 9.59 Å². The highest BCUT2D eigenvalue weighted by Gasteiger charge is 2.25. The predicted molar refractivity (Wildman–Crippen MR) is 119 cm³/mol. The number of carbonyl (C=O) groups excluding carboxylic acids is 2. The topological polar surface area (TPSA) is 74.0 Å². The lowest BCUT2D eigenvalue weighted by Crippen LogP contribution is -2.34. The van der Waals surface area contributed by atoms with Crippen LogP contribution >= 0.6 is 0 Å². The molecule has 0 aromatic rings. The standard InChI is InChI=1S/C23H45N3O3/c1-3-5-7-9-13-22(27)24-15-11-17-26(19-21-20-29-21)18-12-16-25-23(28)14-10-8-6-4-2/h21H,3-20H2,1-2H3,(H,24,27)(H,25,28). The van der Waals surface area contributed by atoms with Crippen LogP contribution in [0.25, 0.3) is 0 Å². The Morgan fingerprint density at radius 1 is 0.793 bits per heavy atom. The van der Waals surface area contributed by atoms with E-state index in [1.165, 1.54) is 25.7 Å². The number of hydrogen-bond donors (Lipinski definition) is 2. The normalized spacial score (nSPS) is 15.5. The van der Waals surface area contributed by atoms with E-state index < -0.39 is 0 Å². The van der Waals surface area contributed by atoms with E-state index in [4.69, 9.17) is 4.74 Å². The maximum Gasteiger partial charge on any atom is 0.219 e. The average Bonchev–Trinajstić information content (AvgIpc) is 3.53. The fraction of sp³-hybridized carbons (Fsp3) is 0.913. The second kappa shape index (κ2) is 17.7. The zero-order valence-electron chi connectivity index (χ0n) is 19.0. The molecule has 0 aromatic carbocycles. The third-order valence-corrected chi connectivity index (χ3v) is 5.33. The number of ether oxygens (including phenoxy) is 1. The number of rotatable bonds is 20. The lowest BCUT2D eigenvalue weighted by molar-refractivity contribution is -0.122. The minimum atomic E-state index is 0.180. The van der Waals surface area contributed by atoms with Crippen molar-refractivity contribution < 1.29 is 14.3 Å². The van der Waals surface area contributed by atoms with Crippen molar-refractivity contribution in [3.8, 4) is 0 Å². The molecule has 6 heteroatoms. The van der Waals surface area contributed by atoms with Crippen molar-refractivity contribution in [2.24, 2.45) is 0 Å². The van der Waals surface area contributed by atoms with Crippen LogP contribution in [0.3, 0.4) is 0 Å². The molecule has 0 aromatic heterocycles. The van der Waals surface area contributed by atoms with Gasteiger partial charge in [-0.15, -0.1) is 0 Å². The van der Waals surface area contributed by atoms with E-state index >= 15 is 0 Å². The molecule has 0 saturated carbocycles. The molecular formula is C23H45N3O3. The van der Waals surface area contributed by atoms with Crippen LogP contribution < -0.4 is 10.6 Å². The van der Waals surface area contributed by atoms with Crippen LogP contribution in [0.4, 0.5) is 0 Å². The number of unbranched alkanes of at least 4 members (excludes halogenated alkanes) is 6. The summed E-state index contributed by atoms with van der Waals surface area (Å²) < 4.78 is 5.38. The van der Waals surface area contributed by atoms with E-state index in [1.807, 2.05) is 0 Å². The van der Waals surface area contributed by atoms with Gasteiger partial charge in [0.1, 0.15) is 0 Å². The van der Waals surface area contributed by atoms with Gasteiger partial charge in [-0.2, -0.15) is 0 Å². The minimum Gasteiger partial charge on any atom is -0.372 e. The van der Waals surface area contributed by atoms with E-state index in [9.17, 15) is 9.59 Å². The summed E-state index contributed by atoms with van der Waals surface area (Å²) in [6.07, 6.45) is 12.7. The van der Waals surface area contributed by atoms with Crippen molar-refractivity contribution in [3.05, 3.63) is 0 Å². The summed E-state index contributed by atoms with van der Waals surface area (Å²) in [5.41, 5.74) is 0. The first-order valence-corrected chi connectivity index (χ1v) is 12.0. The first kappa shape index (κ1) is 25.9. The fourth-order valence-corrected chi connectivity index (χ4v) is 3.42. The smallest absolute Gasteiger partial charge is 0.219 e. The molecule has 0 aliphatic carbocycles. The first-order chi connectivity index (χ1) is 14.2. The van der Waals surface area contributed by atoms with Crippen LogP contribution in [0.15, 0.2) is 0 Å². The number of carbonyl (C=O) groups is 2. The second-order valence-corrected chi connectivity index (χ2v) is 8.28. The van der Waals surface area contributed by atoms with Crippen molar-refractivity contribution in [3.63, 3.8) is 0 Å². The highest BCUT2D eigenvalue weighted by molar-refractivity contribution is 5.76. The zero-order chi connectivity index (χ0) is 21.2. The van der Waals surface area contributed by atoms with Gasteiger partial charge in [-0.1, -0.05) is 52.4 Å². The molecule has 1 atom stereocenters. The van der Waals surface area contributed by atoms with Crippen molar-refractivity contribution >= 4 is 11.8 Å². The van der Waals surface area contributed by atoms with Gasteiger partial charge in [0, 0.05) is 32.5 Å². The Kier molecular flexibility index (Phi) is 15.8. The molecule has 2 amide bonds. The van der Waals surface area contributed by atoms with E-state index in [2.05, 4.69) is 29.4 Å². The number of hydrogen-bond acceptors (Lipinski definition) is 4. The minimum absolute atomic E-state index is 0.180. The molecule has 170 valence electrons. The average molecular weight is 412 g/mol. The van der Waals surface area contributed by atoms with Gasteiger partial charge in [-0.05, 0) is 38.8 Å². The predicted octanol–water partition coefficient (Wildman–Crippen LogP) is 3.64. The summed E-state index contributed by atoms with van der Waals surface area (Å²) in [5, 5.41) is 6.08. The lowest BCUT2D eigenvalue weighted by atomic mass is 10.1. The summed E-state index contributed by atoms with van der Waals surface area (Å²) in [7, 11) is 0. The lowest BCUT2D eigenvalue weighted by Gasteiger charge is -2.21. The van der Waals surface area contributed by atoms with E-state index in [0.717, 1.165) is 77.9 Å². The van der Waals surface area contributed by atoms with E-state index in [0.29, 0.717) is 18.9 Å². The third kappa shape index (κ3) is 16.4. The number of nitrogens with zero attached hydrogens (tertiary/aromatic N) is 1. The number of amides is 2. The molecule has 1 heterocycles. The molecule has 1 rings (SSSR count). The molecule has 2 N–H and O–H groups in total. The number of nitrogens with one attached hydrogen (secondary N) is 2. The maximum atomic E-state index is 11.8. The Morgan fingerprint density at radius 2 is 1.28 bits per heavy atom. The summed E-state index contributed by atoms with van der Waals surface area (Å²) in [5.74, 6) is 0.361. The molecule has 6 nitrogen and oxygen atoms in total.